The molecule has 0 bridgehead atoms. The third-order valence-electron chi connectivity index (χ3n) is 2.81. The Morgan fingerprint density at radius 2 is 2.08 bits per heavy atom. The van der Waals surface area contributed by atoms with Gasteiger partial charge in [0.1, 0.15) is 0 Å². The van der Waals surface area contributed by atoms with Crippen LogP contribution in [0.5, 0.6) is 0 Å². The molecule has 0 aromatic heterocycles. The molecule has 0 radical (unpaired) electrons. The molecule has 2 rings (SSSR count). The summed E-state index contributed by atoms with van der Waals surface area (Å²) in [7, 11) is 0. The van der Waals surface area contributed by atoms with Gasteiger partial charge in [0.25, 0.3) is 0 Å². The smallest absolute Gasteiger partial charge is 0.223 e. The van der Waals surface area contributed by atoms with Crippen molar-refractivity contribution >= 4 is 18.3 Å². The number of aliphatic hydroxyl groups excluding tert-OH is 1. The van der Waals surface area contributed by atoms with Crippen molar-refractivity contribution in [2.45, 2.75) is 0 Å². The lowest BCUT2D eigenvalue weighted by atomic mass is 10.2. The van der Waals surface area contributed by atoms with Crippen LogP contribution in [0.2, 0.25) is 0 Å². The van der Waals surface area contributed by atoms with E-state index in [9.17, 15) is 4.79 Å². The van der Waals surface area contributed by atoms with E-state index in [0.29, 0.717) is 18.4 Å². The summed E-state index contributed by atoms with van der Waals surface area (Å²) in [5.74, 6) is 1.51. The summed E-state index contributed by atoms with van der Waals surface area (Å²) in [5, 5.41) is 14.4. The van der Waals surface area contributed by atoms with Crippen LogP contribution < -0.4 is 10.6 Å². The lowest BCUT2D eigenvalue weighted by Gasteiger charge is -2.04. The average molecular weight is 207 g/mol. The van der Waals surface area contributed by atoms with Gasteiger partial charge in [-0.15, -0.1) is 12.4 Å². The Morgan fingerprint density at radius 3 is 2.62 bits per heavy atom. The number of fused-ring (bicyclic) bond motifs is 1. The molecular formula is C8H15ClN2O2. The molecule has 2 fully saturated rings. The number of carbonyl (C=O) groups excluding carboxylic acids is 1. The second-order valence-electron chi connectivity index (χ2n) is 3.53. The van der Waals surface area contributed by atoms with Crippen LogP contribution in [0.1, 0.15) is 0 Å². The molecule has 76 valence electrons. The van der Waals surface area contributed by atoms with Crippen molar-refractivity contribution in [1.82, 2.24) is 10.6 Å². The van der Waals surface area contributed by atoms with Gasteiger partial charge < -0.3 is 15.7 Å². The van der Waals surface area contributed by atoms with Crippen molar-refractivity contribution in [3.05, 3.63) is 0 Å². The molecule has 1 aliphatic heterocycles. The molecule has 4 nitrogen and oxygen atoms in total. The molecule has 3 atom stereocenters. The molecule has 1 unspecified atom stereocenters. The number of carbonyl (C=O) groups is 1. The fourth-order valence-corrected chi connectivity index (χ4v) is 2.10. The molecule has 13 heavy (non-hydrogen) atoms. The number of aliphatic hydroxyl groups is 1. The van der Waals surface area contributed by atoms with Gasteiger partial charge in [-0.1, -0.05) is 0 Å². The molecule has 0 spiro atoms. The van der Waals surface area contributed by atoms with E-state index in [4.69, 9.17) is 5.11 Å². The topological polar surface area (TPSA) is 61.4 Å². The Bertz CT molecular complexity index is 191. The fourth-order valence-electron chi connectivity index (χ4n) is 2.10. The summed E-state index contributed by atoms with van der Waals surface area (Å²) in [6.45, 7) is 2.40. The maximum Gasteiger partial charge on any atom is 0.223 e. The van der Waals surface area contributed by atoms with Gasteiger partial charge >= 0.3 is 0 Å². The van der Waals surface area contributed by atoms with E-state index in [1.54, 1.807) is 0 Å². The first-order valence-electron chi connectivity index (χ1n) is 4.44. The lowest BCUT2D eigenvalue weighted by molar-refractivity contribution is -0.123. The molecule has 0 aromatic rings. The molecule has 1 amide bonds. The summed E-state index contributed by atoms with van der Waals surface area (Å²) < 4.78 is 0. The first-order chi connectivity index (χ1) is 5.84. The zero-order valence-corrected chi connectivity index (χ0v) is 8.14. The maximum atomic E-state index is 11.3. The van der Waals surface area contributed by atoms with E-state index in [1.165, 1.54) is 0 Å². The Morgan fingerprint density at radius 1 is 1.46 bits per heavy atom. The summed E-state index contributed by atoms with van der Waals surface area (Å²) in [5.41, 5.74) is 0. The third kappa shape index (κ3) is 1.95. The van der Waals surface area contributed by atoms with E-state index in [2.05, 4.69) is 10.6 Å². The number of amides is 1. The van der Waals surface area contributed by atoms with E-state index >= 15 is 0 Å². The Kier molecular flexibility index (Phi) is 3.53. The standard InChI is InChI=1S/C8H14N2O2.ClH/c11-2-1-10-8(12)7-5-3-9-4-6(5)7;/h5-7,9,11H,1-4H2,(H,10,12);1H/t5-,6+,7?;. The summed E-state index contributed by atoms with van der Waals surface area (Å²) in [6.07, 6.45) is 0. The van der Waals surface area contributed by atoms with E-state index in [1.807, 2.05) is 0 Å². The largest absolute Gasteiger partial charge is 0.395 e. The highest BCUT2D eigenvalue weighted by Crippen LogP contribution is 2.48. The normalized spacial score (nSPS) is 34.7. The number of rotatable bonds is 3. The molecule has 5 heteroatoms. The quantitative estimate of drug-likeness (QED) is 0.554. The predicted octanol–water partition coefficient (Wildman–Crippen LogP) is -1.02. The molecule has 3 N–H and O–H groups in total. The minimum absolute atomic E-state index is 0. The number of hydrogen-bond acceptors (Lipinski definition) is 3. The second kappa shape index (κ2) is 4.26. The van der Waals surface area contributed by atoms with Crippen LogP contribution in [0.4, 0.5) is 0 Å². The van der Waals surface area contributed by atoms with Crippen LogP contribution in [0.15, 0.2) is 0 Å². The fraction of sp³-hybridized carbons (Fsp3) is 0.875. The molecule has 1 heterocycles. The number of hydrogen-bond donors (Lipinski definition) is 3. The second-order valence-corrected chi connectivity index (χ2v) is 3.53. The van der Waals surface area contributed by atoms with Gasteiger partial charge in [0.05, 0.1) is 6.61 Å². The van der Waals surface area contributed by atoms with Gasteiger partial charge in [-0.05, 0) is 24.9 Å². The first-order valence-corrected chi connectivity index (χ1v) is 4.44. The minimum Gasteiger partial charge on any atom is -0.395 e. The van der Waals surface area contributed by atoms with Gasteiger partial charge in [0.2, 0.25) is 5.91 Å². The SMILES string of the molecule is Cl.O=C(NCCO)C1[C@H]2CNC[C@@H]12. The monoisotopic (exact) mass is 206 g/mol. The van der Waals surface area contributed by atoms with Crippen LogP contribution >= 0.6 is 12.4 Å². The maximum absolute atomic E-state index is 11.3. The van der Waals surface area contributed by atoms with Gasteiger partial charge in [-0.2, -0.15) is 0 Å². The first kappa shape index (κ1) is 10.8. The Hall–Kier alpha value is -0.320. The van der Waals surface area contributed by atoms with Crippen molar-refractivity contribution in [2.24, 2.45) is 17.8 Å². The number of halogens is 1. The molecule has 1 saturated heterocycles. The molecule has 2 aliphatic rings. The average Bonchev–Trinajstić information content (AvgIpc) is 2.56. The third-order valence-corrected chi connectivity index (χ3v) is 2.81. The van der Waals surface area contributed by atoms with E-state index in [0.717, 1.165) is 13.1 Å². The highest BCUT2D eigenvalue weighted by molar-refractivity contribution is 5.85. The van der Waals surface area contributed by atoms with Crippen LogP contribution in [-0.2, 0) is 4.79 Å². The Labute approximate surface area is 83.5 Å². The van der Waals surface area contributed by atoms with Crippen molar-refractivity contribution in [3.8, 4) is 0 Å². The predicted molar refractivity (Wildman–Crippen MR) is 50.7 cm³/mol. The van der Waals surface area contributed by atoms with Crippen molar-refractivity contribution < 1.29 is 9.90 Å². The van der Waals surface area contributed by atoms with E-state index in [-0.39, 0.29) is 30.8 Å². The van der Waals surface area contributed by atoms with Crippen LogP contribution in [0, 0.1) is 17.8 Å². The van der Waals surface area contributed by atoms with Gasteiger partial charge in [-0.25, -0.2) is 0 Å². The summed E-state index contributed by atoms with van der Waals surface area (Å²) >= 11 is 0. The Balaban J connectivity index is 0.000000845. The van der Waals surface area contributed by atoms with Crippen molar-refractivity contribution in [3.63, 3.8) is 0 Å². The van der Waals surface area contributed by atoms with Gasteiger partial charge in [0, 0.05) is 12.5 Å². The van der Waals surface area contributed by atoms with Crippen molar-refractivity contribution in [2.75, 3.05) is 26.2 Å². The zero-order chi connectivity index (χ0) is 8.55. The molecule has 1 aliphatic carbocycles. The highest BCUT2D eigenvalue weighted by atomic mass is 35.5. The molecule has 0 aromatic carbocycles. The van der Waals surface area contributed by atoms with Crippen LogP contribution in [0.25, 0.3) is 0 Å². The van der Waals surface area contributed by atoms with Gasteiger partial charge in [-0.3, -0.25) is 4.79 Å². The van der Waals surface area contributed by atoms with Crippen molar-refractivity contribution in [1.29, 1.82) is 0 Å². The number of piperidine rings is 1. The van der Waals surface area contributed by atoms with Crippen LogP contribution in [-0.4, -0.2) is 37.3 Å². The lowest BCUT2D eigenvalue weighted by Crippen LogP contribution is -2.31. The zero-order valence-electron chi connectivity index (χ0n) is 7.32. The van der Waals surface area contributed by atoms with Crippen LogP contribution in [0.3, 0.4) is 0 Å². The van der Waals surface area contributed by atoms with E-state index < -0.39 is 0 Å². The minimum atomic E-state index is 0. The summed E-state index contributed by atoms with van der Waals surface area (Å²) in [6, 6.07) is 0. The highest BCUT2D eigenvalue weighted by Gasteiger charge is 2.56. The molecule has 1 saturated carbocycles. The summed E-state index contributed by atoms with van der Waals surface area (Å²) in [4.78, 5) is 11.3. The van der Waals surface area contributed by atoms with Gasteiger partial charge in [0.15, 0.2) is 0 Å². The number of nitrogens with one attached hydrogen (secondary N) is 2. The molecular weight excluding hydrogens is 192 g/mol.